The van der Waals surface area contributed by atoms with E-state index in [-0.39, 0.29) is 11.7 Å². The number of carbonyl (C=O) groups excluding carboxylic acids is 1. The van der Waals surface area contributed by atoms with E-state index in [1.165, 1.54) is 11.8 Å². The fourth-order valence-corrected chi connectivity index (χ4v) is 6.24. The molecule has 4 rings (SSSR count). The number of halogens is 1. The van der Waals surface area contributed by atoms with E-state index in [1.807, 2.05) is 13.0 Å². The van der Waals surface area contributed by atoms with Gasteiger partial charge in [-0.2, -0.15) is 4.31 Å². The van der Waals surface area contributed by atoms with Crippen molar-refractivity contribution in [3.05, 3.63) is 59.1 Å². The van der Waals surface area contributed by atoms with Crippen molar-refractivity contribution in [2.24, 2.45) is 0 Å². The molecule has 168 valence electrons. The molecule has 0 spiro atoms. The molecule has 1 saturated heterocycles. The molecule has 6 nitrogen and oxygen atoms in total. The molecule has 3 aromatic rings. The summed E-state index contributed by atoms with van der Waals surface area (Å²) in [5, 5.41) is 4.89. The molecule has 1 amide bonds. The number of piperidine rings is 1. The Kier molecular flexibility index (Phi) is 7.05. The molecule has 2 heterocycles. The molecular weight excluding hydrogens is 466 g/mol. The van der Waals surface area contributed by atoms with Crippen LogP contribution < -0.4 is 5.32 Å². The molecule has 0 atom stereocenters. The van der Waals surface area contributed by atoms with Gasteiger partial charge in [0, 0.05) is 29.2 Å². The molecule has 0 radical (unpaired) electrons. The number of hydrogen-bond acceptors (Lipinski definition) is 5. The third kappa shape index (κ3) is 5.26. The van der Waals surface area contributed by atoms with E-state index in [0.29, 0.717) is 39.2 Å². The Morgan fingerprint density at radius 3 is 2.66 bits per heavy atom. The molecule has 0 bridgehead atoms. The molecule has 1 fully saturated rings. The first-order valence-corrected chi connectivity index (χ1v) is 13.2. The van der Waals surface area contributed by atoms with Crippen molar-refractivity contribution in [1.29, 1.82) is 0 Å². The molecule has 1 aliphatic rings. The number of pyridine rings is 1. The second-order valence-corrected chi connectivity index (χ2v) is 11.1. The first kappa shape index (κ1) is 23.0. The molecule has 2 aromatic carbocycles. The molecule has 1 aromatic heterocycles. The molecule has 32 heavy (non-hydrogen) atoms. The van der Waals surface area contributed by atoms with E-state index >= 15 is 0 Å². The van der Waals surface area contributed by atoms with Crippen LogP contribution in [0.4, 0.5) is 5.69 Å². The number of rotatable bonds is 6. The van der Waals surface area contributed by atoms with Crippen molar-refractivity contribution in [2.75, 3.05) is 24.2 Å². The zero-order chi connectivity index (χ0) is 22.7. The predicted octanol–water partition coefficient (Wildman–Crippen LogP) is 5.10. The first-order valence-electron chi connectivity index (χ1n) is 10.4. The van der Waals surface area contributed by atoms with Gasteiger partial charge in [-0.15, -0.1) is 0 Å². The van der Waals surface area contributed by atoms with Crippen molar-refractivity contribution >= 4 is 55.9 Å². The Hall–Kier alpha value is -2.13. The van der Waals surface area contributed by atoms with Gasteiger partial charge < -0.3 is 5.32 Å². The summed E-state index contributed by atoms with van der Waals surface area (Å²) < 4.78 is 27.6. The molecule has 0 aliphatic carbocycles. The van der Waals surface area contributed by atoms with Gasteiger partial charge >= 0.3 is 0 Å². The third-order valence-electron chi connectivity index (χ3n) is 5.38. The van der Waals surface area contributed by atoms with Gasteiger partial charge in [0.2, 0.25) is 15.9 Å². The lowest BCUT2D eigenvalue weighted by molar-refractivity contribution is -0.113. The average Bonchev–Trinajstić information content (AvgIpc) is 2.78. The van der Waals surface area contributed by atoms with Crippen LogP contribution in [0.2, 0.25) is 5.02 Å². The van der Waals surface area contributed by atoms with Crippen LogP contribution in [0.5, 0.6) is 0 Å². The second-order valence-electron chi connectivity index (χ2n) is 7.77. The molecule has 0 saturated carbocycles. The van der Waals surface area contributed by atoms with Crippen LogP contribution in [0.3, 0.4) is 0 Å². The minimum absolute atomic E-state index is 0.153. The number of nitrogens with zero attached hydrogens (tertiary/aromatic N) is 2. The number of aromatic nitrogens is 1. The molecule has 9 heteroatoms. The van der Waals surface area contributed by atoms with Crippen molar-refractivity contribution in [3.8, 4) is 0 Å². The number of aryl methyl sites for hydroxylation is 1. The van der Waals surface area contributed by atoms with Crippen molar-refractivity contribution in [1.82, 2.24) is 9.29 Å². The maximum absolute atomic E-state index is 13.0. The summed E-state index contributed by atoms with van der Waals surface area (Å²) in [4.78, 5) is 17.2. The molecule has 1 aliphatic heterocycles. The lowest BCUT2D eigenvalue weighted by atomic mass is 10.1. The van der Waals surface area contributed by atoms with E-state index in [1.54, 1.807) is 46.8 Å². The van der Waals surface area contributed by atoms with Gasteiger partial charge in [-0.1, -0.05) is 35.9 Å². The fourth-order valence-electron chi connectivity index (χ4n) is 3.73. The van der Waals surface area contributed by atoms with Crippen molar-refractivity contribution < 1.29 is 13.2 Å². The number of nitrogens with one attached hydrogen (secondary N) is 1. The van der Waals surface area contributed by atoms with Crippen LogP contribution in [-0.2, 0) is 14.8 Å². The number of sulfonamides is 1. The highest BCUT2D eigenvalue weighted by molar-refractivity contribution is 7.99. The van der Waals surface area contributed by atoms with Gasteiger partial charge in [0.25, 0.3) is 0 Å². The Bertz CT molecular complexity index is 1260. The summed E-state index contributed by atoms with van der Waals surface area (Å²) in [6.07, 6.45) is 2.88. The number of benzene rings is 2. The zero-order valence-corrected chi connectivity index (χ0v) is 20.1. The summed E-state index contributed by atoms with van der Waals surface area (Å²) >= 11 is 7.28. The van der Waals surface area contributed by atoms with Gasteiger partial charge in [-0.05, 0) is 67.8 Å². The quantitative estimate of drug-likeness (QED) is 0.487. The van der Waals surface area contributed by atoms with Crippen LogP contribution >= 0.6 is 23.4 Å². The van der Waals surface area contributed by atoms with Crippen LogP contribution in [0.1, 0.15) is 24.8 Å². The third-order valence-corrected chi connectivity index (χ3v) is 8.42. The Morgan fingerprint density at radius 1 is 1.12 bits per heavy atom. The van der Waals surface area contributed by atoms with Crippen LogP contribution in [0, 0.1) is 6.92 Å². The van der Waals surface area contributed by atoms with Gasteiger partial charge in [0.15, 0.2) is 0 Å². The Labute approximate surface area is 197 Å². The largest absolute Gasteiger partial charge is 0.325 e. The van der Waals surface area contributed by atoms with Gasteiger partial charge in [-0.3, -0.25) is 4.79 Å². The first-order chi connectivity index (χ1) is 15.3. The van der Waals surface area contributed by atoms with Crippen molar-refractivity contribution in [3.63, 3.8) is 0 Å². The van der Waals surface area contributed by atoms with E-state index in [0.717, 1.165) is 30.2 Å². The number of amides is 1. The topological polar surface area (TPSA) is 79.4 Å². The van der Waals surface area contributed by atoms with Crippen molar-refractivity contribution in [2.45, 2.75) is 36.1 Å². The summed E-state index contributed by atoms with van der Waals surface area (Å²) in [5.41, 5.74) is 2.27. The number of fused-ring (bicyclic) bond motifs is 1. The average molecular weight is 490 g/mol. The minimum Gasteiger partial charge on any atom is -0.325 e. The van der Waals surface area contributed by atoms with Crippen LogP contribution in [-0.4, -0.2) is 42.5 Å². The Morgan fingerprint density at radius 2 is 1.91 bits per heavy atom. The maximum Gasteiger partial charge on any atom is 0.243 e. The summed E-state index contributed by atoms with van der Waals surface area (Å²) in [6, 6.07) is 14.0. The standard InChI is InChI=1S/C23H24ClN3O3S2/c1-16-12-23(31-15-22(28)25-18-7-5-6-17(24)13-18)26-21-9-8-19(14-20(16)21)32(29,30)27-10-3-2-4-11-27/h5-9,12-14H,2-4,10-11,15H2,1H3,(H,25,28). The zero-order valence-electron chi connectivity index (χ0n) is 17.7. The van der Waals surface area contributed by atoms with Gasteiger partial charge in [0.05, 0.1) is 21.2 Å². The fraction of sp³-hybridized carbons (Fsp3) is 0.304. The predicted molar refractivity (Wildman–Crippen MR) is 130 cm³/mol. The number of thioether (sulfide) groups is 1. The highest BCUT2D eigenvalue weighted by Crippen LogP contribution is 2.28. The van der Waals surface area contributed by atoms with E-state index in [9.17, 15) is 13.2 Å². The van der Waals surface area contributed by atoms with Gasteiger partial charge in [0.1, 0.15) is 0 Å². The monoisotopic (exact) mass is 489 g/mol. The minimum atomic E-state index is -3.50. The van der Waals surface area contributed by atoms with E-state index < -0.39 is 10.0 Å². The van der Waals surface area contributed by atoms with Gasteiger partial charge in [-0.25, -0.2) is 13.4 Å². The number of anilines is 1. The SMILES string of the molecule is Cc1cc(SCC(=O)Nc2cccc(Cl)c2)nc2ccc(S(=O)(=O)N3CCCCC3)cc12. The maximum atomic E-state index is 13.0. The smallest absolute Gasteiger partial charge is 0.243 e. The normalized spacial score (nSPS) is 15.1. The Balaban J connectivity index is 1.49. The molecular formula is C23H24ClN3O3S2. The highest BCUT2D eigenvalue weighted by atomic mass is 35.5. The van der Waals surface area contributed by atoms with Crippen LogP contribution in [0.15, 0.2) is 58.5 Å². The lowest BCUT2D eigenvalue weighted by Crippen LogP contribution is -2.35. The van der Waals surface area contributed by atoms with E-state index in [2.05, 4.69) is 10.3 Å². The van der Waals surface area contributed by atoms with E-state index in [4.69, 9.17) is 11.6 Å². The molecule has 1 N–H and O–H groups in total. The summed E-state index contributed by atoms with van der Waals surface area (Å²) in [5.74, 6) is 0.0473. The second kappa shape index (κ2) is 9.79. The number of hydrogen-bond donors (Lipinski definition) is 1. The molecule has 0 unspecified atom stereocenters. The highest BCUT2D eigenvalue weighted by Gasteiger charge is 2.26. The van der Waals surface area contributed by atoms with Crippen LogP contribution in [0.25, 0.3) is 10.9 Å². The number of carbonyl (C=O) groups is 1. The summed E-state index contributed by atoms with van der Waals surface area (Å²) in [7, 11) is -3.50. The lowest BCUT2D eigenvalue weighted by Gasteiger charge is -2.26. The summed E-state index contributed by atoms with van der Waals surface area (Å²) in [6.45, 7) is 3.08.